The zero-order valence-corrected chi connectivity index (χ0v) is 17.0. The van der Waals surface area contributed by atoms with Crippen LogP contribution in [0.1, 0.15) is 53.5 Å². The van der Waals surface area contributed by atoms with Crippen LogP contribution < -0.4 is 10.2 Å². The van der Waals surface area contributed by atoms with E-state index in [0.717, 1.165) is 52.9 Å². The van der Waals surface area contributed by atoms with Crippen LogP contribution in [0.2, 0.25) is 0 Å². The second-order valence-electron chi connectivity index (χ2n) is 8.68. The minimum atomic E-state index is -0.336. The van der Waals surface area contributed by atoms with Crippen LogP contribution in [-0.2, 0) is 5.41 Å². The quantitative estimate of drug-likeness (QED) is 0.671. The van der Waals surface area contributed by atoms with Crippen LogP contribution in [0.15, 0.2) is 36.4 Å². The number of hydrogen-bond acceptors (Lipinski definition) is 4. The molecule has 1 fully saturated rings. The largest absolute Gasteiger partial charge is 0.366 e. The first-order valence-corrected chi connectivity index (χ1v) is 10.1. The molecule has 2 heterocycles. The molecule has 1 aromatic heterocycles. The van der Waals surface area contributed by atoms with Gasteiger partial charge in [0.25, 0.3) is 0 Å². The van der Waals surface area contributed by atoms with Gasteiger partial charge in [0.2, 0.25) is 0 Å². The first kappa shape index (κ1) is 18.0. The predicted molar refractivity (Wildman–Crippen MR) is 115 cm³/mol. The molecule has 2 aromatic carbocycles. The van der Waals surface area contributed by atoms with Crippen molar-refractivity contribution in [2.24, 2.45) is 0 Å². The lowest BCUT2D eigenvalue weighted by Crippen LogP contribution is -2.50. The number of nitriles is 1. The highest BCUT2D eigenvalue weighted by Gasteiger charge is 2.40. The molecule has 1 saturated heterocycles. The number of aromatic amines is 1. The Kier molecular flexibility index (Phi) is 3.84. The van der Waals surface area contributed by atoms with Crippen LogP contribution in [0.4, 0.5) is 5.69 Å². The second kappa shape index (κ2) is 6.20. The molecule has 5 rings (SSSR count). The van der Waals surface area contributed by atoms with Gasteiger partial charge in [0.1, 0.15) is 0 Å². The average Bonchev–Trinajstić information content (AvgIpc) is 3.12. The number of fused-ring (bicyclic) bond motifs is 4. The fourth-order valence-electron chi connectivity index (χ4n) is 4.89. The number of hydrogen-bond donors (Lipinski definition) is 2. The van der Waals surface area contributed by atoms with Crippen molar-refractivity contribution in [2.75, 3.05) is 24.5 Å². The van der Waals surface area contributed by atoms with Gasteiger partial charge in [-0.1, -0.05) is 19.9 Å². The summed E-state index contributed by atoms with van der Waals surface area (Å²) in [6.45, 7) is 9.46. The van der Waals surface area contributed by atoms with Crippen LogP contribution in [0.25, 0.3) is 10.9 Å². The number of carbonyl (C=O) groups is 1. The molecule has 29 heavy (non-hydrogen) atoms. The zero-order chi connectivity index (χ0) is 20.3. The lowest BCUT2D eigenvalue weighted by atomic mass is 9.71. The van der Waals surface area contributed by atoms with E-state index in [0.29, 0.717) is 11.6 Å². The van der Waals surface area contributed by atoms with Crippen LogP contribution in [0.3, 0.4) is 0 Å². The lowest BCUT2D eigenvalue weighted by molar-refractivity contribution is 0.103. The van der Waals surface area contributed by atoms with Gasteiger partial charge >= 0.3 is 0 Å². The number of nitrogens with one attached hydrogen (secondary N) is 2. The van der Waals surface area contributed by atoms with Crippen LogP contribution in [-0.4, -0.2) is 36.4 Å². The molecule has 3 aromatic rings. The summed E-state index contributed by atoms with van der Waals surface area (Å²) in [6.07, 6.45) is 0. The van der Waals surface area contributed by atoms with Crippen molar-refractivity contribution >= 4 is 22.4 Å². The van der Waals surface area contributed by atoms with E-state index in [1.54, 1.807) is 6.07 Å². The molecule has 0 bridgehead atoms. The molecule has 0 amide bonds. The van der Waals surface area contributed by atoms with E-state index >= 15 is 0 Å². The summed E-state index contributed by atoms with van der Waals surface area (Å²) in [7, 11) is 0. The zero-order valence-electron chi connectivity index (χ0n) is 17.0. The van der Waals surface area contributed by atoms with Crippen molar-refractivity contribution in [3.63, 3.8) is 0 Å². The minimum Gasteiger partial charge on any atom is -0.366 e. The number of H-pyrrole nitrogens is 1. The standard InChI is InChI=1S/C24H24N4O/c1-14-13-26-8-9-28(14)16-5-7-17-19(11-16)24(2,3)23-21(22(17)29)18-6-4-15(12-25)10-20(18)27-23/h4-7,10-11,14,26-27H,8-9,13H2,1-3H3. The normalized spacial score (nSPS) is 20.3. The van der Waals surface area contributed by atoms with Gasteiger partial charge in [0.05, 0.1) is 17.2 Å². The smallest absolute Gasteiger partial charge is 0.195 e. The molecule has 5 heteroatoms. The van der Waals surface area contributed by atoms with E-state index in [1.807, 2.05) is 18.2 Å². The van der Waals surface area contributed by atoms with Crippen LogP contribution >= 0.6 is 0 Å². The number of nitrogens with zero attached hydrogens (tertiary/aromatic N) is 2. The number of rotatable bonds is 1. The number of carbonyl (C=O) groups excluding carboxylic acids is 1. The fourth-order valence-corrected chi connectivity index (χ4v) is 4.89. The lowest BCUT2D eigenvalue weighted by Gasteiger charge is -2.38. The third-order valence-corrected chi connectivity index (χ3v) is 6.53. The molecule has 1 unspecified atom stereocenters. The maximum atomic E-state index is 13.5. The Morgan fingerprint density at radius 3 is 2.79 bits per heavy atom. The van der Waals surface area contributed by atoms with E-state index in [-0.39, 0.29) is 11.2 Å². The molecular formula is C24H24N4O. The van der Waals surface area contributed by atoms with E-state index in [4.69, 9.17) is 0 Å². The van der Waals surface area contributed by atoms with Crippen molar-refractivity contribution in [1.82, 2.24) is 10.3 Å². The number of benzene rings is 2. The molecule has 0 radical (unpaired) electrons. The van der Waals surface area contributed by atoms with Gasteiger partial charge in [-0.15, -0.1) is 0 Å². The van der Waals surface area contributed by atoms with Gasteiger partial charge in [-0.05, 0) is 42.8 Å². The average molecular weight is 384 g/mol. The molecule has 1 aliphatic carbocycles. The third kappa shape index (κ3) is 2.53. The van der Waals surface area contributed by atoms with E-state index in [1.165, 1.54) is 5.69 Å². The van der Waals surface area contributed by atoms with Gasteiger partial charge in [0.15, 0.2) is 5.78 Å². The number of anilines is 1. The van der Waals surface area contributed by atoms with Crippen molar-refractivity contribution in [3.05, 3.63) is 64.3 Å². The highest BCUT2D eigenvalue weighted by atomic mass is 16.1. The molecule has 5 nitrogen and oxygen atoms in total. The molecule has 146 valence electrons. The summed E-state index contributed by atoms with van der Waals surface area (Å²) >= 11 is 0. The van der Waals surface area contributed by atoms with Gasteiger partial charge < -0.3 is 15.2 Å². The first-order chi connectivity index (χ1) is 13.9. The van der Waals surface area contributed by atoms with Crippen LogP contribution in [0.5, 0.6) is 0 Å². The minimum absolute atomic E-state index is 0.0604. The van der Waals surface area contributed by atoms with Gasteiger partial charge in [-0.2, -0.15) is 5.26 Å². The highest BCUT2D eigenvalue weighted by Crippen LogP contribution is 2.44. The summed E-state index contributed by atoms with van der Waals surface area (Å²) in [4.78, 5) is 19.3. The van der Waals surface area contributed by atoms with Gasteiger partial charge in [-0.25, -0.2) is 0 Å². The monoisotopic (exact) mass is 384 g/mol. The molecular weight excluding hydrogens is 360 g/mol. The molecule has 1 atom stereocenters. The highest BCUT2D eigenvalue weighted by molar-refractivity contribution is 6.20. The number of ketones is 1. The molecule has 2 aliphatic rings. The summed E-state index contributed by atoms with van der Waals surface area (Å²) in [6, 6.07) is 14.4. The molecule has 2 N–H and O–H groups in total. The fraction of sp³-hybridized carbons (Fsp3) is 0.333. The Bertz CT molecular complexity index is 1200. The van der Waals surface area contributed by atoms with Crippen molar-refractivity contribution in [1.29, 1.82) is 5.26 Å². The summed E-state index contributed by atoms with van der Waals surface area (Å²) in [5.41, 5.74) is 5.79. The Labute approximate surface area is 170 Å². The number of piperazine rings is 1. The molecule has 0 spiro atoms. The van der Waals surface area contributed by atoms with Crippen molar-refractivity contribution in [2.45, 2.75) is 32.2 Å². The second-order valence-corrected chi connectivity index (χ2v) is 8.68. The van der Waals surface area contributed by atoms with Gasteiger partial charge in [0, 0.05) is 58.9 Å². The van der Waals surface area contributed by atoms with E-state index < -0.39 is 0 Å². The Morgan fingerprint density at radius 1 is 1.21 bits per heavy atom. The van der Waals surface area contributed by atoms with Crippen LogP contribution in [0, 0.1) is 11.3 Å². The number of aromatic nitrogens is 1. The topological polar surface area (TPSA) is 71.9 Å². The molecule has 0 saturated carbocycles. The van der Waals surface area contributed by atoms with Gasteiger partial charge in [-0.3, -0.25) is 4.79 Å². The van der Waals surface area contributed by atoms with E-state index in [2.05, 4.69) is 54.2 Å². The summed E-state index contributed by atoms with van der Waals surface area (Å²) in [5, 5.41) is 13.6. The maximum absolute atomic E-state index is 13.5. The van der Waals surface area contributed by atoms with Crippen molar-refractivity contribution in [3.8, 4) is 6.07 Å². The SMILES string of the molecule is CC1CNCCN1c1ccc2c(c1)C(C)(C)c1[nH]c3cc(C#N)ccc3c1C2=O. The first-order valence-electron chi connectivity index (χ1n) is 10.1. The Morgan fingerprint density at radius 2 is 2.03 bits per heavy atom. The Hall–Kier alpha value is -3.10. The molecule has 1 aliphatic heterocycles. The summed E-state index contributed by atoms with van der Waals surface area (Å²) in [5.74, 6) is 0.0604. The van der Waals surface area contributed by atoms with E-state index in [9.17, 15) is 10.1 Å². The Balaban J connectivity index is 1.68. The predicted octanol–water partition coefficient (Wildman–Crippen LogP) is 3.71. The maximum Gasteiger partial charge on any atom is 0.195 e. The summed E-state index contributed by atoms with van der Waals surface area (Å²) < 4.78 is 0. The van der Waals surface area contributed by atoms with Crippen molar-refractivity contribution < 1.29 is 4.79 Å². The third-order valence-electron chi connectivity index (χ3n) is 6.53.